The molecule has 1 amide bonds. The first-order chi connectivity index (χ1) is 9.13. The molecule has 6 heteroatoms. The summed E-state index contributed by atoms with van der Waals surface area (Å²) in [5.74, 6) is -0.974. The molecule has 2 rings (SSSR count). The zero-order chi connectivity index (χ0) is 13.8. The summed E-state index contributed by atoms with van der Waals surface area (Å²) in [6.07, 6.45) is 2.89. The lowest BCUT2D eigenvalue weighted by molar-refractivity contribution is 0.0178. The average Bonchev–Trinajstić information content (AvgIpc) is 2.46. The maximum absolute atomic E-state index is 13.5. The molecule has 0 aromatic carbocycles. The van der Waals surface area contributed by atoms with Gasteiger partial charge in [0.1, 0.15) is 0 Å². The molecule has 5 nitrogen and oxygen atoms in total. The SMILES string of the molecule is O=C(c1ccncc1F)N1CCC(C(O)CO)CC1. The average molecular weight is 268 g/mol. The highest BCUT2D eigenvalue weighted by Gasteiger charge is 2.28. The zero-order valence-corrected chi connectivity index (χ0v) is 10.5. The van der Waals surface area contributed by atoms with Crippen LogP contribution < -0.4 is 0 Å². The van der Waals surface area contributed by atoms with Gasteiger partial charge in [0.15, 0.2) is 5.82 Å². The molecule has 104 valence electrons. The van der Waals surface area contributed by atoms with E-state index < -0.39 is 11.9 Å². The van der Waals surface area contributed by atoms with Crippen LogP contribution in [0.5, 0.6) is 0 Å². The molecule has 19 heavy (non-hydrogen) atoms. The summed E-state index contributed by atoms with van der Waals surface area (Å²) >= 11 is 0. The molecule has 2 N–H and O–H groups in total. The largest absolute Gasteiger partial charge is 0.394 e. The molecule has 0 aliphatic carbocycles. The molecule has 1 aromatic rings. The van der Waals surface area contributed by atoms with Crippen LogP contribution in [0, 0.1) is 11.7 Å². The lowest BCUT2D eigenvalue weighted by atomic mass is 9.91. The number of hydrogen-bond donors (Lipinski definition) is 2. The normalized spacial score (nSPS) is 18.4. The first-order valence-corrected chi connectivity index (χ1v) is 6.31. The van der Waals surface area contributed by atoms with Gasteiger partial charge in [-0.2, -0.15) is 0 Å². The van der Waals surface area contributed by atoms with Gasteiger partial charge in [-0.25, -0.2) is 4.39 Å². The number of pyridine rings is 1. The molecule has 2 heterocycles. The standard InChI is InChI=1S/C13H17FN2O3/c14-11-7-15-4-1-10(11)13(19)16-5-2-9(3-6-16)12(18)8-17/h1,4,7,9,12,17-18H,2-3,5-6,8H2. The van der Waals surface area contributed by atoms with Crippen molar-refractivity contribution >= 4 is 5.91 Å². The van der Waals surface area contributed by atoms with E-state index in [1.165, 1.54) is 12.3 Å². The zero-order valence-electron chi connectivity index (χ0n) is 10.5. The number of hydrogen-bond acceptors (Lipinski definition) is 4. The van der Waals surface area contributed by atoms with Crippen molar-refractivity contribution in [2.75, 3.05) is 19.7 Å². The Labute approximate surface area is 110 Å². The number of likely N-dealkylation sites (tertiary alicyclic amines) is 1. The molecule has 0 spiro atoms. The summed E-state index contributed by atoms with van der Waals surface area (Å²) in [7, 11) is 0. The molecule has 1 aromatic heterocycles. The van der Waals surface area contributed by atoms with Crippen molar-refractivity contribution in [1.29, 1.82) is 0 Å². The number of piperidine rings is 1. The predicted octanol–water partition coefficient (Wildman–Crippen LogP) is 0.426. The molecule has 1 atom stereocenters. The van der Waals surface area contributed by atoms with Crippen LogP contribution >= 0.6 is 0 Å². The van der Waals surface area contributed by atoms with Gasteiger partial charge in [0.25, 0.3) is 5.91 Å². The molecular weight excluding hydrogens is 251 g/mol. The number of carbonyl (C=O) groups excluding carboxylic acids is 1. The van der Waals surface area contributed by atoms with Crippen LogP contribution in [-0.2, 0) is 0 Å². The summed E-state index contributed by atoms with van der Waals surface area (Å²) < 4.78 is 13.5. The summed E-state index contributed by atoms with van der Waals surface area (Å²) in [5, 5.41) is 18.4. The van der Waals surface area contributed by atoms with Gasteiger partial charge < -0.3 is 15.1 Å². The van der Waals surface area contributed by atoms with Crippen LogP contribution in [0.2, 0.25) is 0 Å². The van der Waals surface area contributed by atoms with E-state index in [2.05, 4.69) is 4.98 Å². The van der Waals surface area contributed by atoms with Crippen LogP contribution in [0.15, 0.2) is 18.5 Å². The first kappa shape index (κ1) is 13.9. The van der Waals surface area contributed by atoms with Gasteiger partial charge in [-0.15, -0.1) is 0 Å². The lowest BCUT2D eigenvalue weighted by Crippen LogP contribution is -2.42. The van der Waals surface area contributed by atoms with Gasteiger partial charge in [0.05, 0.1) is 24.5 Å². The highest BCUT2D eigenvalue weighted by Crippen LogP contribution is 2.22. The topological polar surface area (TPSA) is 73.7 Å². The quantitative estimate of drug-likeness (QED) is 0.833. The molecular formula is C13H17FN2O3. The summed E-state index contributed by atoms with van der Waals surface area (Å²) in [5.41, 5.74) is 0.0242. The molecule has 0 radical (unpaired) electrons. The summed E-state index contributed by atoms with van der Waals surface area (Å²) in [6, 6.07) is 1.37. The molecule has 1 saturated heterocycles. The van der Waals surface area contributed by atoms with E-state index in [4.69, 9.17) is 5.11 Å². The second-order valence-corrected chi connectivity index (χ2v) is 4.74. The predicted molar refractivity (Wildman–Crippen MR) is 65.9 cm³/mol. The lowest BCUT2D eigenvalue weighted by Gasteiger charge is -2.33. The Bertz CT molecular complexity index is 447. The second kappa shape index (κ2) is 6.08. The van der Waals surface area contributed by atoms with E-state index in [0.717, 1.165) is 6.20 Å². The molecule has 1 fully saturated rings. The number of aliphatic hydroxyl groups is 2. The molecule has 1 aliphatic heterocycles. The van der Waals surface area contributed by atoms with Crippen molar-refractivity contribution in [2.45, 2.75) is 18.9 Å². The van der Waals surface area contributed by atoms with E-state index in [1.807, 2.05) is 0 Å². The minimum atomic E-state index is -0.741. The molecule has 1 aliphatic rings. The number of halogens is 1. The number of aromatic nitrogens is 1. The maximum atomic E-state index is 13.5. The molecule has 1 unspecified atom stereocenters. The van der Waals surface area contributed by atoms with E-state index >= 15 is 0 Å². The first-order valence-electron chi connectivity index (χ1n) is 6.31. The Morgan fingerprint density at radius 1 is 1.53 bits per heavy atom. The van der Waals surface area contributed by atoms with Gasteiger partial charge in [-0.3, -0.25) is 9.78 Å². The fourth-order valence-electron chi connectivity index (χ4n) is 2.36. The van der Waals surface area contributed by atoms with Crippen LogP contribution in [-0.4, -0.2) is 51.8 Å². The number of nitrogens with zero attached hydrogens (tertiary/aromatic N) is 2. The maximum Gasteiger partial charge on any atom is 0.256 e. The van der Waals surface area contributed by atoms with Crippen molar-refractivity contribution in [3.05, 3.63) is 29.8 Å². The van der Waals surface area contributed by atoms with Crippen LogP contribution in [0.4, 0.5) is 4.39 Å². The Hall–Kier alpha value is -1.53. The fraction of sp³-hybridized carbons (Fsp3) is 0.538. The fourth-order valence-corrected chi connectivity index (χ4v) is 2.36. The van der Waals surface area contributed by atoms with Crippen molar-refractivity contribution < 1.29 is 19.4 Å². The minimum absolute atomic E-state index is 0.00339. The van der Waals surface area contributed by atoms with Crippen LogP contribution in [0.1, 0.15) is 23.2 Å². The Morgan fingerprint density at radius 3 is 2.79 bits per heavy atom. The number of rotatable bonds is 3. The van der Waals surface area contributed by atoms with Gasteiger partial charge in [0, 0.05) is 19.3 Å². The Morgan fingerprint density at radius 2 is 2.21 bits per heavy atom. The summed E-state index contributed by atoms with van der Waals surface area (Å²) in [6.45, 7) is 0.655. The molecule has 0 saturated carbocycles. The third-order valence-electron chi connectivity index (χ3n) is 3.56. The smallest absolute Gasteiger partial charge is 0.256 e. The number of amides is 1. The minimum Gasteiger partial charge on any atom is -0.394 e. The third kappa shape index (κ3) is 3.08. The Kier molecular flexibility index (Phi) is 4.44. The number of aliphatic hydroxyl groups excluding tert-OH is 2. The number of carbonyl (C=O) groups is 1. The van der Waals surface area contributed by atoms with Gasteiger partial charge in [-0.1, -0.05) is 0 Å². The van der Waals surface area contributed by atoms with E-state index in [9.17, 15) is 14.3 Å². The van der Waals surface area contributed by atoms with Crippen molar-refractivity contribution in [1.82, 2.24) is 9.88 Å². The van der Waals surface area contributed by atoms with Crippen molar-refractivity contribution in [3.8, 4) is 0 Å². The van der Waals surface area contributed by atoms with Gasteiger partial charge >= 0.3 is 0 Å². The van der Waals surface area contributed by atoms with Gasteiger partial charge in [0.2, 0.25) is 0 Å². The highest BCUT2D eigenvalue weighted by molar-refractivity contribution is 5.94. The Balaban J connectivity index is 1.98. The van der Waals surface area contributed by atoms with E-state index in [1.54, 1.807) is 4.90 Å². The van der Waals surface area contributed by atoms with Crippen molar-refractivity contribution in [2.24, 2.45) is 5.92 Å². The van der Waals surface area contributed by atoms with Crippen LogP contribution in [0.25, 0.3) is 0 Å². The molecule has 0 bridgehead atoms. The van der Waals surface area contributed by atoms with E-state index in [0.29, 0.717) is 25.9 Å². The van der Waals surface area contributed by atoms with Gasteiger partial charge in [-0.05, 0) is 24.8 Å². The monoisotopic (exact) mass is 268 g/mol. The third-order valence-corrected chi connectivity index (χ3v) is 3.56. The van der Waals surface area contributed by atoms with Crippen molar-refractivity contribution in [3.63, 3.8) is 0 Å². The van der Waals surface area contributed by atoms with E-state index in [-0.39, 0.29) is 24.0 Å². The summed E-state index contributed by atoms with van der Waals surface area (Å²) in [4.78, 5) is 17.3. The second-order valence-electron chi connectivity index (χ2n) is 4.74. The van der Waals surface area contributed by atoms with Crippen LogP contribution in [0.3, 0.4) is 0 Å². The highest BCUT2D eigenvalue weighted by atomic mass is 19.1.